The van der Waals surface area contributed by atoms with E-state index in [1.165, 1.54) is 0 Å². The first-order valence-corrected chi connectivity index (χ1v) is 7.93. The number of hydrogen-bond acceptors (Lipinski definition) is 4. The quantitative estimate of drug-likeness (QED) is 0.810. The summed E-state index contributed by atoms with van der Waals surface area (Å²) in [5, 5.41) is 9.03. The van der Waals surface area contributed by atoms with Gasteiger partial charge >= 0.3 is 0 Å². The molecule has 0 aliphatic heterocycles. The molecule has 1 aromatic heterocycles. The van der Waals surface area contributed by atoms with Crippen LogP contribution in [0.15, 0.2) is 47.1 Å². The van der Waals surface area contributed by atoms with E-state index in [9.17, 15) is 8.42 Å². The van der Waals surface area contributed by atoms with Crippen LogP contribution < -0.4 is 4.72 Å². The van der Waals surface area contributed by atoms with E-state index in [2.05, 4.69) is 4.72 Å². The lowest BCUT2D eigenvalue weighted by atomic mass is 10.1. The van der Waals surface area contributed by atoms with Crippen molar-refractivity contribution in [3.63, 3.8) is 0 Å². The molecular formula is C14H17NO4S. The molecule has 2 aromatic rings. The van der Waals surface area contributed by atoms with Gasteiger partial charge in [0.1, 0.15) is 5.76 Å². The summed E-state index contributed by atoms with van der Waals surface area (Å²) in [4.78, 5) is 0. The number of aliphatic hydroxyl groups excluding tert-OH is 1. The monoisotopic (exact) mass is 295 g/mol. The van der Waals surface area contributed by atoms with Crippen molar-refractivity contribution in [2.24, 2.45) is 0 Å². The Labute approximate surface area is 118 Å². The lowest BCUT2D eigenvalue weighted by Gasteiger charge is -2.07. The Hall–Kier alpha value is -1.63. The molecule has 0 unspecified atom stereocenters. The number of hydrogen-bond donors (Lipinski definition) is 2. The van der Waals surface area contributed by atoms with E-state index in [4.69, 9.17) is 9.52 Å². The van der Waals surface area contributed by atoms with Crippen LogP contribution in [0.3, 0.4) is 0 Å². The van der Waals surface area contributed by atoms with Crippen LogP contribution in [0.25, 0.3) is 0 Å². The summed E-state index contributed by atoms with van der Waals surface area (Å²) in [7, 11) is -3.39. The largest absolute Gasteiger partial charge is 0.469 e. The maximum atomic E-state index is 11.9. The molecule has 5 nitrogen and oxygen atoms in total. The molecular weight excluding hydrogens is 278 g/mol. The van der Waals surface area contributed by atoms with Gasteiger partial charge in [-0.1, -0.05) is 24.3 Å². The normalized spacial score (nSPS) is 11.7. The molecule has 0 spiro atoms. The zero-order valence-electron chi connectivity index (χ0n) is 11.0. The Morgan fingerprint density at radius 3 is 2.65 bits per heavy atom. The predicted molar refractivity (Wildman–Crippen MR) is 75.4 cm³/mol. The van der Waals surface area contributed by atoms with Gasteiger partial charge in [0.15, 0.2) is 0 Å². The molecule has 0 fully saturated rings. The second-order valence-electron chi connectivity index (χ2n) is 4.46. The second-order valence-corrected chi connectivity index (χ2v) is 6.27. The lowest BCUT2D eigenvalue weighted by Crippen LogP contribution is -2.27. The van der Waals surface area contributed by atoms with E-state index < -0.39 is 10.0 Å². The highest BCUT2D eigenvalue weighted by Gasteiger charge is 2.11. The molecule has 108 valence electrons. The van der Waals surface area contributed by atoms with Crippen LogP contribution in [-0.4, -0.2) is 20.1 Å². The Bertz CT molecular complexity index is 635. The Morgan fingerprint density at radius 1 is 1.15 bits per heavy atom. The fraction of sp³-hybridized carbons (Fsp3) is 0.286. The number of aliphatic hydroxyl groups is 1. The maximum absolute atomic E-state index is 11.9. The molecule has 0 atom stereocenters. The van der Waals surface area contributed by atoms with Crippen LogP contribution in [0, 0.1) is 0 Å². The highest BCUT2D eigenvalue weighted by atomic mass is 32.2. The summed E-state index contributed by atoms with van der Waals surface area (Å²) < 4.78 is 31.5. The molecule has 20 heavy (non-hydrogen) atoms. The maximum Gasteiger partial charge on any atom is 0.215 e. The van der Waals surface area contributed by atoms with Crippen molar-refractivity contribution >= 4 is 10.0 Å². The average molecular weight is 295 g/mol. The van der Waals surface area contributed by atoms with Crippen molar-refractivity contribution < 1.29 is 17.9 Å². The Morgan fingerprint density at radius 2 is 1.95 bits per heavy atom. The average Bonchev–Trinajstić information content (AvgIpc) is 2.91. The first-order valence-electron chi connectivity index (χ1n) is 6.27. The van der Waals surface area contributed by atoms with Crippen molar-refractivity contribution in [2.75, 3.05) is 6.54 Å². The minimum absolute atomic E-state index is 0.0974. The van der Waals surface area contributed by atoms with Gasteiger partial charge in [-0.15, -0.1) is 0 Å². The SMILES string of the molecule is O=S(=O)(Cc1cccc(CO)c1)NCCc1ccco1. The van der Waals surface area contributed by atoms with Crippen LogP contribution in [0.2, 0.25) is 0 Å². The molecule has 0 aliphatic carbocycles. The first-order chi connectivity index (χ1) is 9.59. The van der Waals surface area contributed by atoms with Crippen molar-refractivity contribution in [3.05, 3.63) is 59.5 Å². The smallest absolute Gasteiger partial charge is 0.215 e. The molecule has 0 saturated carbocycles. The van der Waals surface area contributed by atoms with Crippen molar-refractivity contribution in [1.82, 2.24) is 4.72 Å². The standard InChI is InChI=1S/C14H17NO4S/c16-10-12-3-1-4-13(9-12)11-20(17,18)15-7-6-14-5-2-8-19-14/h1-5,8-9,15-16H,6-7,10-11H2. The van der Waals surface area contributed by atoms with Gasteiger partial charge in [0, 0.05) is 13.0 Å². The number of benzene rings is 1. The molecule has 2 rings (SSSR count). The Kier molecular flexibility index (Phi) is 4.94. The summed E-state index contributed by atoms with van der Waals surface area (Å²) in [6.45, 7) is 0.204. The molecule has 0 amide bonds. The summed E-state index contributed by atoms with van der Waals surface area (Å²) in [5.41, 5.74) is 1.36. The third-order valence-electron chi connectivity index (χ3n) is 2.80. The van der Waals surface area contributed by atoms with Crippen LogP contribution in [0.4, 0.5) is 0 Å². The van der Waals surface area contributed by atoms with E-state index in [-0.39, 0.29) is 12.4 Å². The summed E-state index contributed by atoms with van der Waals surface area (Å²) in [5.74, 6) is 0.647. The zero-order chi connectivity index (χ0) is 14.4. The van der Waals surface area contributed by atoms with Crippen molar-refractivity contribution in [2.45, 2.75) is 18.8 Å². The van der Waals surface area contributed by atoms with Crippen LogP contribution in [0.1, 0.15) is 16.9 Å². The first kappa shape index (κ1) is 14.8. The molecule has 6 heteroatoms. The van der Waals surface area contributed by atoms with E-state index in [1.807, 2.05) is 0 Å². The van der Waals surface area contributed by atoms with Crippen LogP contribution >= 0.6 is 0 Å². The molecule has 0 bridgehead atoms. The van der Waals surface area contributed by atoms with Gasteiger partial charge < -0.3 is 9.52 Å². The van der Waals surface area contributed by atoms with Crippen LogP contribution in [-0.2, 0) is 28.8 Å². The molecule has 0 radical (unpaired) electrons. The number of furan rings is 1. The number of nitrogens with one attached hydrogen (secondary N) is 1. The molecule has 1 aromatic carbocycles. The Balaban J connectivity index is 1.89. The van der Waals surface area contributed by atoms with Crippen LogP contribution in [0.5, 0.6) is 0 Å². The third-order valence-corrected chi connectivity index (χ3v) is 4.16. The van der Waals surface area contributed by atoms with E-state index in [0.717, 1.165) is 5.76 Å². The minimum Gasteiger partial charge on any atom is -0.469 e. The number of sulfonamides is 1. The fourth-order valence-corrected chi connectivity index (χ4v) is 3.01. The van der Waals surface area contributed by atoms with Gasteiger partial charge in [0.2, 0.25) is 10.0 Å². The summed E-state index contributed by atoms with van der Waals surface area (Å²) in [6.07, 6.45) is 2.08. The second kappa shape index (κ2) is 6.69. The van der Waals surface area contributed by atoms with Gasteiger partial charge in [-0.2, -0.15) is 0 Å². The molecule has 1 heterocycles. The third kappa shape index (κ3) is 4.48. The molecule has 2 N–H and O–H groups in total. The van der Waals surface area contributed by atoms with E-state index in [1.54, 1.807) is 42.7 Å². The van der Waals surface area contributed by atoms with E-state index in [0.29, 0.717) is 24.1 Å². The van der Waals surface area contributed by atoms with E-state index >= 15 is 0 Å². The molecule has 0 aliphatic rings. The van der Waals surface area contributed by atoms with Gasteiger partial charge in [0.05, 0.1) is 18.6 Å². The lowest BCUT2D eigenvalue weighted by molar-refractivity contribution is 0.282. The summed E-state index contributed by atoms with van der Waals surface area (Å²) >= 11 is 0. The predicted octanol–water partition coefficient (Wildman–Crippen LogP) is 1.43. The topological polar surface area (TPSA) is 79.5 Å². The fourth-order valence-electron chi connectivity index (χ4n) is 1.87. The summed E-state index contributed by atoms with van der Waals surface area (Å²) in [6, 6.07) is 10.5. The highest BCUT2D eigenvalue weighted by Crippen LogP contribution is 2.09. The number of rotatable bonds is 7. The molecule has 0 saturated heterocycles. The van der Waals surface area contributed by atoms with Gasteiger partial charge in [-0.25, -0.2) is 13.1 Å². The van der Waals surface area contributed by atoms with Crippen molar-refractivity contribution in [3.8, 4) is 0 Å². The van der Waals surface area contributed by atoms with Gasteiger partial charge in [-0.05, 0) is 23.3 Å². The van der Waals surface area contributed by atoms with Crippen molar-refractivity contribution in [1.29, 1.82) is 0 Å². The highest BCUT2D eigenvalue weighted by molar-refractivity contribution is 7.88. The minimum atomic E-state index is -3.39. The van der Waals surface area contributed by atoms with Gasteiger partial charge in [0.25, 0.3) is 0 Å². The zero-order valence-corrected chi connectivity index (χ0v) is 11.8. The van der Waals surface area contributed by atoms with Gasteiger partial charge in [-0.3, -0.25) is 0 Å².